The average Bonchev–Trinajstić information content (AvgIpc) is 2.48. The standard InChI is InChI=1S/C10H16N4O/c1-7-2-8(3-7)13-9-4-12-14(5-9)6-10(11)15/h4-5,7-8,13H,2-3,6H2,1H3,(H2,11,15). The number of carbonyl (C=O) groups is 1. The molecule has 1 aliphatic carbocycles. The third-order valence-electron chi connectivity index (χ3n) is 2.70. The Hall–Kier alpha value is -1.52. The quantitative estimate of drug-likeness (QED) is 0.760. The van der Waals surface area contributed by atoms with Crippen molar-refractivity contribution in [1.82, 2.24) is 9.78 Å². The summed E-state index contributed by atoms with van der Waals surface area (Å²) in [5, 5.41) is 7.41. The summed E-state index contributed by atoms with van der Waals surface area (Å²) in [4.78, 5) is 10.7. The van der Waals surface area contributed by atoms with Gasteiger partial charge in [0, 0.05) is 12.2 Å². The lowest BCUT2D eigenvalue weighted by molar-refractivity contribution is -0.118. The summed E-state index contributed by atoms with van der Waals surface area (Å²) in [5.74, 6) is 0.449. The summed E-state index contributed by atoms with van der Waals surface area (Å²) >= 11 is 0. The van der Waals surface area contributed by atoms with E-state index in [0.717, 1.165) is 11.6 Å². The molecule has 2 rings (SSSR count). The van der Waals surface area contributed by atoms with Crippen molar-refractivity contribution >= 4 is 11.6 Å². The molecule has 0 bridgehead atoms. The first-order valence-corrected chi connectivity index (χ1v) is 5.21. The van der Waals surface area contributed by atoms with E-state index in [2.05, 4.69) is 17.3 Å². The SMILES string of the molecule is CC1CC(Nc2cnn(CC(N)=O)c2)C1. The van der Waals surface area contributed by atoms with E-state index in [-0.39, 0.29) is 12.5 Å². The van der Waals surface area contributed by atoms with Crippen LogP contribution in [0.2, 0.25) is 0 Å². The third kappa shape index (κ3) is 2.49. The second-order valence-electron chi connectivity index (χ2n) is 4.31. The van der Waals surface area contributed by atoms with Gasteiger partial charge in [-0.1, -0.05) is 6.92 Å². The Balaban J connectivity index is 1.87. The monoisotopic (exact) mass is 208 g/mol. The second kappa shape index (κ2) is 3.92. The zero-order valence-corrected chi connectivity index (χ0v) is 8.81. The highest BCUT2D eigenvalue weighted by atomic mass is 16.1. The molecule has 0 aromatic carbocycles. The van der Waals surface area contributed by atoms with Crippen LogP contribution in [0.1, 0.15) is 19.8 Å². The fraction of sp³-hybridized carbons (Fsp3) is 0.600. The summed E-state index contributed by atoms with van der Waals surface area (Å²) in [6.45, 7) is 2.39. The van der Waals surface area contributed by atoms with E-state index in [1.807, 2.05) is 6.20 Å². The van der Waals surface area contributed by atoms with Crippen LogP contribution in [0.15, 0.2) is 12.4 Å². The second-order valence-corrected chi connectivity index (χ2v) is 4.31. The van der Waals surface area contributed by atoms with E-state index in [4.69, 9.17) is 5.73 Å². The number of aromatic nitrogens is 2. The molecule has 0 radical (unpaired) electrons. The zero-order chi connectivity index (χ0) is 10.8. The third-order valence-corrected chi connectivity index (χ3v) is 2.70. The molecule has 5 nitrogen and oxygen atoms in total. The lowest BCUT2D eigenvalue weighted by atomic mass is 9.82. The fourth-order valence-corrected chi connectivity index (χ4v) is 1.94. The van der Waals surface area contributed by atoms with Crippen LogP contribution in [-0.4, -0.2) is 21.7 Å². The van der Waals surface area contributed by atoms with E-state index >= 15 is 0 Å². The van der Waals surface area contributed by atoms with E-state index < -0.39 is 0 Å². The Morgan fingerprint density at radius 3 is 3.07 bits per heavy atom. The molecule has 0 atom stereocenters. The van der Waals surface area contributed by atoms with Gasteiger partial charge in [0.25, 0.3) is 0 Å². The normalized spacial score (nSPS) is 24.6. The minimum Gasteiger partial charge on any atom is -0.380 e. The van der Waals surface area contributed by atoms with Crippen molar-refractivity contribution in [3.05, 3.63) is 12.4 Å². The lowest BCUT2D eigenvalue weighted by Crippen LogP contribution is -2.33. The predicted molar refractivity (Wildman–Crippen MR) is 57.2 cm³/mol. The smallest absolute Gasteiger partial charge is 0.239 e. The van der Waals surface area contributed by atoms with Gasteiger partial charge in [0.2, 0.25) is 5.91 Å². The average molecular weight is 208 g/mol. The Morgan fingerprint density at radius 2 is 2.47 bits per heavy atom. The number of primary amides is 1. The molecule has 15 heavy (non-hydrogen) atoms. The van der Waals surface area contributed by atoms with Crippen LogP contribution >= 0.6 is 0 Å². The zero-order valence-electron chi connectivity index (χ0n) is 8.81. The molecular formula is C10H16N4O. The predicted octanol–water partition coefficient (Wildman–Crippen LogP) is 0.579. The number of carbonyl (C=O) groups excluding carboxylic acids is 1. The van der Waals surface area contributed by atoms with E-state index in [1.54, 1.807) is 10.9 Å². The molecule has 1 aromatic rings. The van der Waals surface area contributed by atoms with Crippen molar-refractivity contribution in [2.75, 3.05) is 5.32 Å². The maximum atomic E-state index is 10.7. The number of amides is 1. The van der Waals surface area contributed by atoms with Gasteiger partial charge in [-0.25, -0.2) is 0 Å². The molecule has 1 amide bonds. The summed E-state index contributed by atoms with van der Waals surface area (Å²) in [6.07, 6.45) is 5.96. The summed E-state index contributed by atoms with van der Waals surface area (Å²) in [7, 11) is 0. The summed E-state index contributed by atoms with van der Waals surface area (Å²) in [6, 6.07) is 0.561. The Labute approximate surface area is 88.6 Å². The van der Waals surface area contributed by atoms with Crippen molar-refractivity contribution < 1.29 is 4.79 Å². The van der Waals surface area contributed by atoms with Crippen LogP contribution < -0.4 is 11.1 Å². The first-order chi connectivity index (χ1) is 7.13. The van der Waals surface area contributed by atoms with Crippen LogP contribution in [0.5, 0.6) is 0 Å². The van der Waals surface area contributed by atoms with E-state index in [0.29, 0.717) is 6.04 Å². The fourth-order valence-electron chi connectivity index (χ4n) is 1.94. The Kier molecular flexibility index (Phi) is 2.62. The van der Waals surface area contributed by atoms with Gasteiger partial charge in [-0.05, 0) is 18.8 Å². The van der Waals surface area contributed by atoms with Crippen LogP contribution in [0, 0.1) is 5.92 Å². The van der Waals surface area contributed by atoms with Gasteiger partial charge in [0.05, 0.1) is 11.9 Å². The highest BCUT2D eigenvalue weighted by molar-refractivity contribution is 5.73. The molecule has 3 N–H and O–H groups in total. The van der Waals surface area contributed by atoms with Gasteiger partial charge in [-0.3, -0.25) is 9.48 Å². The topological polar surface area (TPSA) is 72.9 Å². The molecule has 1 saturated carbocycles. The highest BCUT2D eigenvalue weighted by Crippen LogP contribution is 2.29. The van der Waals surface area contributed by atoms with Crippen LogP contribution in [0.3, 0.4) is 0 Å². The lowest BCUT2D eigenvalue weighted by Gasteiger charge is -2.33. The van der Waals surface area contributed by atoms with Gasteiger partial charge < -0.3 is 11.1 Å². The molecule has 0 aliphatic heterocycles. The maximum Gasteiger partial charge on any atom is 0.239 e. The van der Waals surface area contributed by atoms with Gasteiger partial charge >= 0.3 is 0 Å². The van der Waals surface area contributed by atoms with Gasteiger partial charge in [0.15, 0.2) is 0 Å². The van der Waals surface area contributed by atoms with Gasteiger partial charge in [-0.15, -0.1) is 0 Å². The number of nitrogens with one attached hydrogen (secondary N) is 1. The largest absolute Gasteiger partial charge is 0.380 e. The minimum atomic E-state index is -0.373. The van der Waals surface area contributed by atoms with Crippen molar-refractivity contribution in [2.24, 2.45) is 11.7 Å². The Morgan fingerprint density at radius 1 is 1.73 bits per heavy atom. The van der Waals surface area contributed by atoms with Crippen molar-refractivity contribution in [1.29, 1.82) is 0 Å². The number of nitrogens with zero attached hydrogens (tertiary/aromatic N) is 2. The van der Waals surface area contributed by atoms with Gasteiger partial charge in [0.1, 0.15) is 6.54 Å². The molecule has 82 valence electrons. The maximum absolute atomic E-state index is 10.7. The van der Waals surface area contributed by atoms with Gasteiger partial charge in [-0.2, -0.15) is 5.10 Å². The van der Waals surface area contributed by atoms with Crippen LogP contribution in [0.4, 0.5) is 5.69 Å². The summed E-state index contributed by atoms with van der Waals surface area (Å²) in [5.41, 5.74) is 6.04. The number of anilines is 1. The minimum absolute atomic E-state index is 0.142. The molecule has 0 unspecified atom stereocenters. The van der Waals surface area contributed by atoms with Crippen molar-refractivity contribution in [3.63, 3.8) is 0 Å². The molecule has 1 heterocycles. The van der Waals surface area contributed by atoms with Crippen molar-refractivity contribution in [2.45, 2.75) is 32.4 Å². The number of rotatable bonds is 4. The van der Waals surface area contributed by atoms with Crippen LogP contribution in [-0.2, 0) is 11.3 Å². The Bertz CT molecular complexity index is 354. The number of hydrogen-bond donors (Lipinski definition) is 2. The van der Waals surface area contributed by atoms with E-state index in [9.17, 15) is 4.79 Å². The van der Waals surface area contributed by atoms with Crippen LogP contribution in [0.25, 0.3) is 0 Å². The molecular weight excluding hydrogens is 192 g/mol. The summed E-state index contributed by atoms with van der Waals surface area (Å²) < 4.78 is 1.55. The molecule has 0 saturated heterocycles. The highest BCUT2D eigenvalue weighted by Gasteiger charge is 2.25. The molecule has 1 fully saturated rings. The first kappa shape index (κ1) is 10.0. The number of nitrogens with two attached hydrogens (primary N) is 1. The molecule has 1 aromatic heterocycles. The molecule has 0 spiro atoms. The molecule has 1 aliphatic rings. The van der Waals surface area contributed by atoms with Crippen molar-refractivity contribution in [3.8, 4) is 0 Å². The number of hydrogen-bond acceptors (Lipinski definition) is 3. The van der Waals surface area contributed by atoms with E-state index in [1.165, 1.54) is 12.8 Å². The molecule has 5 heteroatoms. The first-order valence-electron chi connectivity index (χ1n) is 5.21.